The highest BCUT2D eigenvalue weighted by atomic mass is 16.2. The first kappa shape index (κ1) is 16.4. The van der Waals surface area contributed by atoms with Gasteiger partial charge >= 0.3 is 6.03 Å². The molecule has 0 unspecified atom stereocenters. The summed E-state index contributed by atoms with van der Waals surface area (Å²) in [7, 11) is 1.62. The summed E-state index contributed by atoms with van der Waals surface area (Å²) in [5.41, 5.74) is 2.89. The summed E-state index contributed by atoms with van der Waals surface area (Å²) >= 11 is 0. The molecular formula is C19H19N5O. The Bertz CT molecular complexity index is 879. The third-order valence-corrected chi connectivity index (χ3v) is 3.59. The minimum absolute atomic E-state index is 0.307. The molecule has 25 heavy (non-hydrogen) atoms. The van der Waals surface area contributed by atoms with Crippen molar-refractivity contribution >= 4 is 29.0 Å². The van der Waals surface area contributed by atoms with Crippen LogP contribution in [0, 0.1) is 0 Å². The lowest BCUT2D eigenvalue weighted by Crippen LogP contribution is -2.38. The number of benzene rings is 2. The van der Waals surface area contributed by atoms with Crippen LogP contribution in [0.3, 0.4) is 0 Å². The summed E-state index contributed by atoms with van der Waals surface area (Å²) in [5, 5.41) is 5.51. The number of amides is 2. The number of aromatic nitrogens is 2. The van der Waals surface area contributed by atoms with Gasteiger partial charge in [-0.15, -0.1) is 0 Å². The lowest BCUT2D eigenvalue weighted by atomic mass is 10.2. The highest BCUT2D eigenvalue weighted by Gasteiger charge is 2.03. The lowest BCUT2D eigenvalue weighted by Gasteiger charge is -2.07. The number of hydrogen-bond donors (Lipinski definition) is 3. The molecule has 1 aromatic heterocycles. The number of aromatic amines is 1. The Morgan fingerprint density at radius 2 is 1.92 bits per heavy atom. The average molecular weight is 333 g/mol. The van der Waals surface area contributed by atoms with E-state index in [0.29, 0.717) is 18.2 Å². The summed E-state index contributed by atoms with van der Waals surface area (Å²) < 4.78 is 0. The number of nitrogens with zero attached hydrogens (tertiary/aromatic N) is 2. The first-order valence-electron chi connectivity index (χ1n) is 7.93. The number of aliphatic imine (C=N–C) groups is 1. The fraction of sp³-hybridized carbons (Fsp3) is 0.105. The number of nitrogens with one attached hydrogen (secondary N) is 3. The van der Waals surface area contributed by atoms with E-state index >= 15 is 0 Å². The molecule has 2 amide bonds. The largest absolute Gasteiger partial charge is 0.338 e. The predicted octanol–water partition coefficient (Wildman–Crippen LogP) is 3.10. The van der Waals surface area contributed by atoms with Crippen molar-refractivity contribution in [3.8, 4) is 0 Å². The number of para-hydroxylation sites is 2. The fourth-order valence-corrected chi connectivity index (χ4v) is 2.32. The van der Waals surface area contributed by atoms with Crippen molar-refractivity contribution in [2.24, 2.45) is 4.99 Å². The molecule has 0 atom stereocenters. The maximum atomic E-state index is 12.0. The van der Waals surface area contributed by atoms with Crippen molar-refractivity contribution in [3.63, 3.8) is 0 Å². The third kappa shape index (κ3) is 4.54. The number of hydrogen-bond acceptors (Lipinski definition) is 3. The quantitative estimate of drug-likeness (QED) is 0.506. The number of rotatable bonds is 4. The average Bonchev–Trinajstić information content (AvgIpc) is 3.07. The topological polar surface area (TPSA) is 82.2 Å². The molecule has 0 aliphatic carbocycles. The number of urea groups is 1. The van der Waals surface area contributed by atoms with Crippen molar-refractivity contribution in [2.75, 3.05) is 7.05 Å². The molecule has 0 radical (unpaired) electrons. The first-order chi connectivity index (χ1) is 12.2. The normalized spacial score (nSPS) is 11.8. The molecule has 0 saturated carbocycles. The van der Waals surface area contributed by atoms with Gasteiger partial charge in [-0.1, -0.05) is 42.5 Å². The van der Waals surface area contributed by atoms with E-state index in [9.17, 15) is 4.79 Å². The molecule has 6 nitrogen and oxygen atoms in total. The molecule has 0 bridgehead atoms. The molecule has 0 spiro atoms. The Morgan fingerprint density at radius 1 is 1.16 bits per heavy atom. The van der Waals surface area contributed by atoms with E-state index in [1.54, 1.807) is 19.2 Å². The van der Waals surface area contributed by atoms with E-state index in [1.165, 1.54) is 0 Å². The van der Waals surface area contributed by atoms with Gasteiger partial charge in [-0.25, -0.2) is 9.78 Å². The molecule has 0 aliphatic heterocycles. The summed E-state index contributed by atoms with van der Waals surface area (Å²) in [6.07, 6.45) is 3.49. The minimum atomic E-state index is -0.307. The van der Waals surface area contributed by atoms with Gasteiger partial charge < -0.3 is 10.3 Å². The van der Waals surface area contributed by atoms with Gasteiger partial charge in [-0.3, -0.25) is 10.3 Å². The van der Waals surface area contributed by atoms with Crippen LogP contribution in [0.5, 0.6) is 0 Å². The first-order valence-corrected chi connectivity index (χ1v) is 7.93. The second-order valence-electron chi connectivity index (χ2n) is 5.37. The molecule has 2 aromatic carbocycles. The van der Waals surface area contributed by atoms with Gasteiger partial charge in [0.15, 0.2) is 0 Å². The second-order valence-corrected chi connectivity index (χ2v) is 5.37. The van der Waals surface area contributed by atoms with E-state index in [1.807, 2.05) is 54.6 Å². The molecule has 0 aliphatic rings. The van der Waals surface area contributed by atoms with Crippen LogP contribution >= 0.6 is 0 Å². The van der Waals surface area contributed by atoms with E-state index < -0.39 is 0 Å². The van der Waals surface area contributed by atoms with Gasteiger partial charge in [-0.2, -0.15) is 0 Å². The molecule has 6 heteroatoms. The molecular weight excluding hydrogens is 314 g/mol. The lowest BCUT2D eigenvalue weighted by molar-refractivity contribution is 0.245. The van der Waals surface area contributed by atoms with Crippen LogP contribution in [0.15, 0.2) is 65.7 Å². The highest BCUT2D eigenvalue weighted by Crippen LogP contribution is 2.10. The third-order valence-electron chi connectivity index (χ3n) is 3.59. The zero-order valence-electron chi connectivity index (χ0n) is 13.9. The molecule has 0 fully saturated rings. The Balaban J connectivity index is 1.57. The van der Waals surface area contributed by atoms with Crippen LogP contribution in [0.25, 0.3) is 17.1 Å². The monoisotopic (exact) mass is 333 g/mol. The summed E-state index contributed by atoms with van der Waals surface area (Å²) in [4.78, 5) is 23.7. The van der Waals surface area contributed by atoms with Gasteiger partial charge in [0.2, 0.25) is 0 Å². The summed E-state index contributed by atoms with van der Waals surface area (Å²) in [5.74, 6) is 1.15. The maximum absolute atomic E-state index is 12.0. The van der Waals surface area contributed by atoms with Crippen molar-refractivity contribution in [3.05, 3.63) is 72.1 Å². The number of carbonyl (C=O) groups excluding carboxylic acids is 1. The van der Waals surface area contributed by atoms with Crippen molar-refractivity contribution < 1.29 is 4.79 Å². The van der Waals surface area contributed by atoms with Crippen molar-refractivity contribution in [1.82, 2.24) is 20.6 Å². The maximum Gasteiger partial charge on any atom is 0.320 e. The number of H-pyrrole nitrogens is 1. The molecule has 3 N–H and O–H groups in total. The van der Waals surface area contributed by atoms with Crippen LogP contribution in [-0.4, -0.2) is 28.9 Å². The highest BCUT2D eigenvalue weighted by molar-refractivity contribution is 6.05. The zero-order chi connectivity index (χ0) is 17.5. The number of carbonyl (C=O) groups is 1. The van der Waals surface area contributed by atoms with Gasteiger partial charge in [0.1, 0.15) is 11.7 Å². The molecule has 0 saturated heterocycles. The van der Waals surface area contributed by atoms with E-state index in [-0.39, 0.29) is 6.03 Å². The summed E-state index contributed by atoms with van der Waals surface area (Å²) in [6, 6.07) is 17.2. The van der Waals surface area contributed by atoms with E-state index in [4.69, 9.17) is 0 Å². The Kier molecular flexibility index (Phi) is 5.21. The van der Waals surface area contributed by atoms with Crippen LogP contribution in [-0.2, 0) is 6.54 Å². The molecule has 3 aromatic rings. The Morgan fingerprint density at radius 3 is 2.68 bits per heavy atom. The minimum Gasteiger partial charge on any atom is -0.338 e. The van der Waals surface area contributed by atoms with Crippen LogP contribution < -0.4 is 10.6 Å². The zero-order valence-corrected chi connectivity index (χ0v) is 13.9. The van der Waals surface area contributed by atoms with Gasteiger partial charge in [-0.05, 0) is 29.8 Å². The number of amidine groups is 1. The Labute approximate surface area is 145 Å². The van der Waals surface area contributed by atoms with Crippen LogP contribution in [0.1, 0.15) is 11.4 Å². The predicted molar refractivity (Wildman–Crippen MR) is 100 cm³/mol. The van der Waals surface area contributed by atoms with Gasteiger partial charge in [0.25, 0.3) is 0 Å². The summed E-state index contributed by atoms with van der Waals surface area (Å²) in [6.45, 7) is 0.455. The smallest absolute Gasteiger partial charge is 0.320 e. The van der Waals surface area contributed by atoms with E-state index in [2.05, 4.69) is 25.6 Å². The van der Waals surface area contributed by atoms with Gasteiger partial charge in [0.05, 0.1) is 11.0 Å². The van der Waals surface area contributed by atoms with E-state index in [0.717, 1.165) is 16.6 Å². The molecule has 1 heterocycles. The Hall–Kier alpha value is -3.41. The van der Waals surface area contributed by atoms with Crippen molar-refractivity contribution in [2.45, 2.75) is 6.54 Å². The van der Waals surface area contributed by atoms with Gasteiger partial charge in [0, 0.05) is 13.6 Å². The molecule has 3 rings (SSSR count). The SMILES string of the molecule is CN=C(/C=C/c1nc2ccccc2[nH]1)NC(=O)NCc1ccccc1. The number of fused-ring (bicyclic) bond motifs is 1. The number of imidazole rings is 1. The standard InChI is InChI=1S/C19H19N5O/c1-20-17(24-19(25)21-13-14-7-3-2-4-8-14)11-12-18-22-15-9-5-6-10-16(15)23-18/h2-12H,13H2,1H3,(H,22,23)(H2,20,21,24,25)/b12-11+. The van der Waals surface area contributed by atoms with Crippen LogP contribution in [0.4, 0.5) is 4.79 Å². The molecule has 126 valence electrons. The second kappa shape index (κ2) is 7.92. The van der Waals surface area contributed by atoms with Crippen LogP contribution in [0.2, 0.25) is 0 Å². The van der Waals surface area contributed by atoms with Crippen molar-refractivity contribution in [1.29, 1.82) is 0 Å². The fourth-order valence-electron chi connectivity index (χ4n) is 2.32.